The number of hydrogen-bond donors (Lipinski definition) is 0. The molecule has 0 amide bonds. The van der Waals surface area contributed by atoms with Gasteiger partial charge in [-0.05, 0) is 39.0 Å². The summed E-state index contributed by atoms with van der Waals surface area (Å²) in [5.74, 6) is 1.26. The van der Waals surface area contributed by atoms with E-state index in [4.69, 9.17) is 11.6 Å². The van der Waals surface area contributed by atoms with E-state index in [1.54, 1.807) is 9.20 Å². The number of benzene rings is 1. The van der Waals surface area contributed by atoms with Crippen molar-refractivity contribution in [2.45, 2.75) is 31.7 Å². The summed E-state index contributed by atoms with van der Waals surface area (Å²) in [6.45, 7) is 5.92. The van der Waals surface area contributed by atoms with Crippen LogP contribution in [-0.2, 0) is 5.75 Å². The van der Waals surface area contributed by atoms with Crippen LogP contribution in [-0.4, -0.2) is 29.4 Å². The lowest BCUT2D eigenvalue weighted by atomic mass is 10.3. The Labute approximate surface area is 160 Å². The monoisotopic (exact) mass is 384 g/mol. The molecule has 0 bridgehead atoms. The molecule has 4 rings (SSSR count). The first-order valence-electron chi connectivity index (χ1n) is 8.16. The summed E-state index contributed by atoms with van der Waals surface area (Å²) < 4.78 is 3.52. The molecule has 0 spiro atoms. The topological polar surface area (TPSA) is 60.9 Å². The molecular formula is C18H17ClN6S. The number of halogens is 1. The molecule has 0 aliphatic heterocycles. The molecule has 3 heterocycles. The molecule has 8 heteroatoms. The number of fused-ring (bicyclic) bond motifs is 1. The van der Waals surface area contributed by atoms with E-state index in [0.717, 1.165) is 28.3 Å². The van der Waals surface area contributed by atoms with Crippen molar-refractivity contribution in [1.29, 1.82) is 0 Å². The average Bonchev–Trinajstić information content (AvgIpc) is 3.15. The van der Waals surface area contributed by atoms with Crippen LogP contribution in [0.3, 0.4) is 0 Å². The first-order chi connectivity index (χ1) is 12.5. The van der Waals surface area contributed by atoms with Gasteiger partial charge < -0.3 is 0 Å². The average molecular weight is 385 g/mol. The second kappa shape index (κ2) is 6.74. The van der Waals surface area contributed by atoms with Gasteiger partial charge in [0, 0.05) is 22.7 Å². The Balaban J connectivity index is 1.61. The molecule has 0 atom stereocenters. The third-order valence-electron chi connectivity index (χ3n) is 4.07. The molecule has 0 radical (unpaired) electrons. The lowest BCUT2D eigenvalue weighted by molar-refractivity contribution is 0.843. The van der Waals surface area contributed by atoms with Crippen molar-refractivity contribution >= 4 is 29.1 Å². The Bertz CT molecular complexity index is 1090. The van der Waals surface area contributed by atoms with E-state index in [1.165, 1.54) is 11.8 Å². The quantitative estimate of drug-likeness (QED) is 0.494. The number of thioether (sulfide) groups is 1. The van der Waals surface area contributed by atoms with E-state index in [-0.39, 0.29) is 0 Å². The SMILES string of the molecule is Cc1cc(C)n2nc(SCc3c(C)nn(-c4ccccc4)c3Cl)nc2n1. The summed E-state index contributed by atoms with van der Waals surface area (Å²) in [5.41, 5.74) is 4.78. The normalized spacial score (nSPS) is 11.4. The van der Waals surface area contributed by atoms with Crippen molar-refractivity contribution in [3.63, 3.8) is 0 Å². The molecule has 4 aromatic rings. The van der Waals surface area contributed by atoms with Crippen LogP contribution in [0.4, 0.5) is 0 Å². The van der Waals surface area contributed by atoms with Crippen molar-refractivity contribution in [2.24, 2.45) is 0 Å². The van der Waals surface area contributed by atoms with Crippen LogP contribution < -0.4 is 0 Å². The van der Waals surface area contributed by atoms with Crippen molar-refractivity contribution in [2.75, 3.05) is 0 Å². The van der Waals surface area contributed by atoms with Crippen LogP contribution in [0.15, 0.2) is 41.6 Å². The Morgan fingerprint density at radius 1 is 1.04 bits per heavy atom. The van der Waals surface area contributed by atoms with Gasteiger partial charge in [-0.2, -0.15) is 10.1 Å². The Morgan fingerprint density at radius 2 is 1.81 bits per heavy atom. The highest BCUT2D eigenvalue weighted by Gasteiger charge is 2.16. The van der Waals surface area contributed by atoms with E-state index in [1.807, 2.05) is 57.2 Å². The first kappa shape index (κ1) is 17.1. The van der Waals surface area contributed by atoms with Gasteiger partial charge in [0.2, 0.25) is 5.16 Å². The Morgan fingerprint density at radius 3 is 2.58 bits per heavy atom. The van der Waals surface area contributed by atoms with Crippen molar-refractivity contribution in [3.8, 4) is 5.69 Å². The number of nitrogens with zero attached hydrogens (tertiary/aromatic N) is 6. The molecule has 1 aromatic carbocycles. The van der Waals surface area contributed by atoms with Gasteiger partial charge in [0.1, 0.15) is 5.15 Å². The largest absolute Gasteiger partial charge is 0.253 e. The molecule has 0 aliphatic rings. The van der Waals surface area contributed by atoms with Crippen molar-refractivity contribution in [3.05, 3.63) is 64.2 Å². The molecule has 26 heavy (non-hydrogen) atoms. The van der Waals surface area contributed by atoms with Gasteiger partial charge in [-0.1, -0.05) is 41.6 Å². The van der Waals surface area contributed by atoms with Gasteiger partial charge in [0.05, 0.1) is 11.4 Å². The summed E-state index contributed by atoms with van der Waals surface area (Å²) in [6, 6.07) is 11.9. The van der Waals surface area contributed by atoms with Crippen LogP contribution in [0.25, 0.3) is 11.5 Å². The first-order valence-corrected chi connectivity index (χ1v) is 9.52. The number of aromatic nitrogens is 6. The van der Waals surface area contributed by atoms with E-state index in [0.29, 0.717) is 21.8 Å². The number of hydrogen-bond acceptors (Lipinski definition) is 5. The van der Waals surface area contributed by atoms with Crippen LogP contribution >= 0.6 is 23.4 Å². The molecule has 132 valence electrons. The van der Waals surface area contributed by atoms with Crippen LogP contribution in [0.2, 0.25) is 5.15 Å². The Hall–Kier alpha value is -2.38. The van der Waals surface area contributed by atoms with Gasteiger partial charge in [-0.15, -0.1) is 5.10 Å². The number of para-hydroxylation sites is 1. The maximum absolute atomic E-state index is 6.58. The smallest absolute Gasteiger partial charge is 0.222 e. The predicted molar refractivity (Wildman–Crippen MR) is 103 cm³/mol. The second-order valence-electron chi connectivity index (χ2n) is 6.04. The zero-order valence-corrected chi connectivity index (χ0v) is 16.2. The zero-order valence-electron chi connectivity index (χ0n) is 14.6. The van der Waals surface area contributed by atoms with Crippen LogP contribution in [0.5, 0.6) is 0 Å². The molecular weight excluding hydrogens is 368 g/mol. The third-order valence-corrected chi connectivity index (χ3v) is 5.32. The summed E-state index contributed by atoms with van der Waals surface area (Å²) in [4.78, 5) is 8.93. The van der Waals surface area contributed by atoms with E-state index < -0.39 is 0 Å². The summed E-state index contributed by atoms with van der Waals surface area (Å²) >= 11 is 8.11. The molecule has 0 aliphatic carbocycles. The van der Waals surface area contributed by atoms with Gasteiger partial charge in [0.25, 0.3) is 5.78 Å². The minimum atomic E-state index is 0.618. The highest BCUT2D eigenvalue weighted by atomic mass is 35.5. The van der Waals surface area contributed by atoms with E-state index in [2.05, 4.69) is 20.2 Å². The predicted octanol–water partition coefficient (Wildman–Crippen LogP) is 4.18. The van der Waals surface area contributed by atoms with Crippen LogP contribution in [0, 0.1) is 20.8 Å². The van der Waals surface area contributed by atoms with Crippen molar-refractivity contribution in [1.82, 2.24) is 29.4 Å². The van der Waals surface area contributed by atoms with Crippen LogP contribution in [0.1, 0.15) is 22.6 Å². The number of rotatable bonds is 4. The summed E-state index contributed by atoms with van der Waals surface area (Å²) in [5, 5.41) is 10.4. The molecule has 0 fully saturated rings. The fourth-order valence-electron chi connectivity index (χ4n) is 2.78. The lowest BCUT2D eigenvalue weighted by Crippen LogP contribution is -1.97. The molecule has 0 saturated carbocycles. The second-order valence-corrected chi connectivity index (χ2v) is 7.34. The zero-order chi connectivity index (χ0) is 18.3. The Kier molecular flexibility index (Phi) is 4.42. The molecule has 0 N–H and O–H groups in total. The molecule has 0 saturated heterocycles. The highest BCUT2D eigenvalue weighted by molar-refractivity contribution is 7.98. The fraction of sp³-hybridized carbons (Fsp3) is 0.222. The highest BCUT2D eigenvalue weighted by Crippen LogP contribution is 2.29. The maximum Gasteiger partial charge on any atom is 0.253 e. The lowest BCUT2D eigenvalue weighted by Gasteiger charge is -2.02. The fourth-order valence-corrected chi connectivity index (χ4v) is 4.10. The van der Waals surface area contributed by atoms with Gasteiger partial charge >= 0.3 is 0 Å². The summed E-state index contributed by atoms with van der Waals surface area (Å²) in [6.07, 6.45) is 0. The summed E-state index contributed by atoms with van der Waals surface area (Å²) in [7, 11) is 0. The maximum atomic E-state index is 6.58. The van der Waals surface area contributed by atoms with E-state index in [9.17, 15) is 0 Å². The molecule has 6 nitrogen and oxygen atoms in total. The molecule has 3 aromatic heterocycles. The van der Waals surface area contributed by atoms with Gasteiger partial charge in [-0.3, -0.25) is 0 Å². The van der Waals surface area contributed by atoms with E-state index >= 15 is 0 Å². The standard InChI is InChI=1S/C18H17ClN6S/c1-11-9-12(2)24-17(20-11)21-18(23-24)26-10-15-13(3)22-25(16(15)19)14-7-5-4-6-8-14/h4-9H,10H2,1-3H3. The minimum Gasteiger partial charge on any atom is -0.222 e. The molecule has 0 unspecified atom stereocenters. The minimum absolute atomic E-state index is 0.618. The third kappa shape index (κ3) is 3.08. The van der Waals surface area contributed by atoms with Gasteiger partial charge in [-0.25, -0.2) is 14.2 Å². The van der Waals surface area contributed by atoms with Gasteiger partial charge in [0.15, 0.2) is 0 Å². The van der Waals surface area contributed by atoms with Crippen molar-refractivity contribution < 1.29 is 0 Å². The number of aryl methyl sites for hydroxylation is 3.